The average Bonchev–Trinajstić information content (AvgIpc) is 2.43. The molecule has 0 aromatic carbocycles. The quantitative estimate of drug-likeness (QED) is 0.358. The molecule has 0 spiro atoms. The second-order valence-corrected chi connectivity index (χ2v) is 5.56. The molecule has 0 rings (SSSR count). The van der Waals surface area contributed by atoms with Crippen LogP contribution in [-0.4, -0.2) is 17.8 Å². The van der Waals surface area contributed by atoms with Crippen LogP contribution in [0.25, 0.3) is 0 Å². The third-order valence-electron chi connectivity index (χ3n) is 3.57. The minimum Gasteiger partial charge on any atom is -0.388 e. The van der Waals surface area contributed by atoms with Gasteiger partial charge in [0.1, 0.15) is 0 Å². The molecular formula is C17H35NO. The van der Waals surface area contributed by atoms with Crippen molar-refractivity contribution in [2.24, 2.45) is 5.73 Å². The normalized spacial score (nSPS) is 13.2. The van der Waals surface area contributed by atoms with E-state index < -0.39 is 6.10 Å². The Kier molecular flexibility index (Phi) is 15.4. The van der Waals surface area contributed by atoms with Crippen LogP contribution < -0.4 is 5.73 Å². The highest BCUT2D eigenvalue weighted by Crippen LogP contribution is 2.11. The van der Waals surface area contributed by atoms with Gasteiger partial charge < -0.3 is 10.8 Å². The third kappa shape index (κ3) is 15.6. The van der Waals surface area contributed by atoms with E-state index in [-0.39, 0.29) is 0 Å². The lowest BCUT2D eigenvalue weighted by Gasteiger charge is -2.02. The van der Waals surface area contributed by atoms with Gasteiger partial charge in [0, 0.05) is 6.54 Å². The molecule has 3 N–H and O–H groups in total. The number of aliphatic hydroxyl groups is 1. The monoisotopic (exact) mass is 269 g/mol. The van der Waals surface area contributed by atoms with Crippen molar-refractivity contribution in [3.63, 3.8) is 0 Å². The van der Waals surface area contributed by atoms with Crippen LogP contribution in [0.2, 0.25) is 0 Å². The van der Waals surface area contributed by atoms with Crippen molar-refractivity contribution in [2.45, 2.75) is 90.1 Å². The number of nitrogens with two attached hydrogens (primary N) is 1. The fourth-order valence-corrected chi connectivity index (χ4v) is 2.26. The summed E-state index contributed by atoms with van der Waals surface area (Å²) in [6, 6.07) is 0. The molecule has 0 aliphatic carbocycles. The molecule has 0 radical (unpaired) electrons. The molecule has 0 fully saturated rings. The van der Waals surface area contributed by atoms with Gasteiger partial charge in [0.05, 0.1) is 6.10 Å². The lowest BCUT2D eigenvalue weighted by molar-refractivity contribution is 0.231. The molecule has 0 amide bonds. The van der Waals surface area contributed by atoms with E-state index in [0.717, 1.165) is 6.42 Å². The minimum atomic E-state index is -0.451. The average molecular weight is 269 g/mol. The van der Waals surface area contributed by atoms with Gasteiger partial charge in [-0.1, -0.05) is 83.3 Å². The van der Waals surface area contributed by atoms with Crippen LogP contribution in [0.4, 0.5) is 0 Å². The molecular weight excluding hydrogens is 234 g/mol. The van der Waals surface area contributed by atoms with Crippen molar-refractivity contribution in [3.05, 3.63) is 12.2 Å². The fraction of sp³-hybridized carbons (Fsp3) is 0.882. The molecule has 0 heterocycles. The molecule has 0 saturated heterocycles. The summed E-state index contributed by atoms with van der Waals surface area (Å²) in [4.78, 5) is 0. The topological polar surface area (TPSA) is 46.2 Å². The van der Waals surface area contributed by atoms with Gasteiger partial charge in [-0.05, 0) is 12.8 Å². The number of allylic oxidation sites excluding steroid dienone is 1. The summed E-state index contributed by atoms with van der Waals surface area (Å²) in [5.41, 5.74) is 5.32. The zero-order valence-corrected chi connectivity index (χ0v) is 12.9. The molecule has 0 aliphatic rings. The Balaban J connectivity index is 3.05. The van der Waals surface area contributed by atoms with Gasteiger partial charge in [0.25, 0.3) is 0 Å². The van der Waals surface area contributed by atoms with Crippen LogP contribution in [0.5, 0.6) is 0 Å². The number of rotatable bonds is 14. The maximum atomic E-state index is 9.22. The first-order valence-electron chi connectivity index (χ1n) is 8.36. The molecule has 0 bridgehead atoms. The molecule has 1 atom stereocenters. The Morgan fingerprint density at radius 1 is 0.842 bits per heavy atom. The molecule has 114 valence electrons. The summed E-state index contributed by atoms with van der Waals surface area (Å²) in [5, 5.41) is 9.22. The maximum Gasteiger partial charge on any atom is 0.0843 e. The Labute approximate surface area is 120 Å². The molecule has 0 aliphatic heterocycles. The van der Waals surface area contributed by atoms with Gasteiger partial charge in [0.15, 0.2) is 0 Å². The minimum absolute atomic E-state index is 0.328. The number of hydrogen-bond acceptors (Lipinski definition) is 2. The Hall–Kier alpha value is -0.340. The van der Waals surface area contributed by atoms with E-state index in [0.29, 0.717) is 6.54 Å². The van der Waals surface area contributed by atoms with Crippen LogP contribution >= 0.6 is 0 Å². The predicted molar refractivity (Wildman–Crippen MR) is 85.3 cm³/mol. The van der Waals surface area contributed by atoms with Gasteiger partial charge in [-0.15, -0.1) is 0 Å². The van der Waals surface area contributed by atoms with Crippen molar-refractivity contribution >= 4 is 0 Å². The molecule has 19 heavy (non-hydrogen) atoms. The molecule has 2 heteroatoms. The number of aliphatic hydroxyl groups excluding tert-OH is 1. The zero-order chi connectivity index (χ0) is 14.2. The van der Waals surface area contributed by atoms with E-state index in [1.54, 1.807) is 0 Å². The van der Waals surface area contributed by atoms with Crippen molar-refractivity contribution in [2.75, 3.05) is 6.54 Å². The fourth-order valence-electron chi connectivity index (χ4n) is 2.26. The van der Waals surface area contributed by atoms with E-state index in [1.807, 2.05) is 6.08 Å². The standard InChI is InChI=1S/C17H35NO/c1-2-3-4-5-6-7-8-9-10-11-12-13-14-15-17(19)16-18/h14-15,17,19H,2-13,16,18H2,1H3/t17-/m1/s1. The summed E-state index contributed by atoms with van der Waals surface area (Å²) < 4.78 is 0. The highest BCUT2D eigenvalue weighted by molar-refractivity contribution is 4.88. The number of unbranched alkanes of at least 4 members (excludes halogenated alkanes) is 11. The van der Waals surface area contributed by atoms with Crippen LogP contribution in [0.15, 0.2) is 12.2 Å². The molecule has 0 saturated carbocycles. The first kappa shape index (κ1) is 18.7. The Morgan fingerprint density at radius 3 is 1.79 bits per heavy atom. The van der Waals surface area contributed by atoms with Crippen molar-refractivity contribution in [1.29, 1.82) is 0 Å². The SMILES string of the molecule is CCCCCCCCCCCCCC=C[C@@H](O)CN. The number of hydrogen-bond donors (Lipinski definition) is 2. The second-order valence-electron chi connectivity index (χ2n) is 5.56. The van der Waals surface area contributed by atoms with Gasteiger partial charge >= 0.3 is 0 Å². The molecule has 0 unspecified atom stereocenters. The lowest BCUT2D eigenvalue weighted by atomic mass is 10.1. The van der Waals surface area contributed by atoms with Crippen LogP contribution in [0.1, 0.15) is 84.0 Å². The molecule has 0 aromatic heterocycles. The highest BCUT2D eigenvalue weighted by Gasteiger charge is 1.93. The van der Waals surface area contributed by atoms with Crippen molar-refractivity contribution in [1.82, 2.24) is 0 Å². The molecule has 2 nitrogen and oxygen atoms in total. The highest BCUT2D eigenvalue weighted by atomic mass is 16.3. The summed E-state index contributed by atoms with van der Waals surface area (Å²) in [6.45, 7) is 2.60. The summed E-state index contributed by atoms with van der Waals surface area (Å²) in [6.07, 6.45) is 19.7. The maximum absolute atomic E-state index is 9.22. The summed E-state index contributed by atoms with van der Waals surface area (Å²) >= 11 is 0. The van der Waals surface area contributed by atoms with E-state index in [1.165, 1.54) is 70.6 Å². The predicted octanol–water partition coefficient (Wildman–Crippen LogP) is 4.56. The Morgan fingerprint density at radius 2 is 1.32 bits per heavy atom. The first-order chi connectivity index (χ1) is 9.31. The largest absolute Gasteiger partial charge is 0.388 e. The van der Waals surface area contributed by atoms with Gasteiger partial charge in [0.2, 0.25) is 0 Å². The van der Waals surface area contributed by atoms with Crippen LogP contribution in [-0.2, 0) is 0 Å². The van der Waals surface area contributed by atoms with E-state index in [4.69, 9.17) is 5.73 Å². The summed E-state index contributed by atoms with van der Waals surface area (Å²) in [5.74, 6) is 0. The third-order valence-corrected chi connectivity index (χ3v) is 3.57. The van der Waals surface area contributed by atoms with E-state index in [2.05, 4.69) is 13.0 Å². The van der Waals surface area contributed by atoms with Crippen LogP contribution in [0, 0.1) is 0 Å². The van der Waals surface area contributed by atoms with E-state index >= 15 is 0 Å². The van der Waals surface area contributed by atoms with E-state index in [9.17, 15) is 5.11 Å². The Bertz CT molecular complexity index is 192. The lowest BCUT2D eigenvalue weighted by Crippen LogP contribution is -2.16. The van der Waals surface area contributed by atoms with Gasteiger partial charge in [-0.2, -0.15) is 0 Å². The van der Waals surface area contributed by atoms with Crippen LogP contribution in [0.3, 0.4) is 0 Å². The second kappa shape index (κ2) is 15.7. The van der Waals surface area contributed by atoms with Crippen molar-refractivity contribution in [3.8, 4) is 0 Å². The van der Waals surface area contributed by atoms with Crippen molar-refractivity contribution < 1.29 is 5.11 Å². The van der Waals surface area contributed by atoms with Gasteiger partial charge in [-0.3, -0.25) is 0 Å². The zero-order valence-electron chi connectivity index (χ0n) is 12.9. The summed E-state index contributed by atoms with van der Waals surface area (Å²) in [7, 11) is 0. The first-order valence-corrected chi connectivity index (χ1v) is 8.36. The molecule has 0 aromatic rings. The smallest absolute Gasteiger partial charge is 0.0843 e. The van der Waals surface area contributed by atoms with Gasteiger partial charge in [-0.25, -0.2) is 0 Å².